The maximum absolute atomic E-state index is 11.0. The third-order valence-electron chi connectivity index (χ3n) is 2.52. The van der Waals surface area contributed by atoms with Crippen LogP contribution in [-0.2, 0) is 11.2 Å². The van der Waals surface area contributed by atoms with Crippen LogP contribution in [0.15, 0.2) is 18.3 Å². The van der Waals surface area contributed by atoms with Gasteiger partial charge in [-0.1, -0.05) is 11.6 Å². The number of aliphatic carboxylic acids is 1. The molecule has 5 nitrogen and oxygen atoms in total. The summed E-state index contributed by atoms with van der Waals surface area (Å²) in [7, 11) is 0. The van der Waals surface area contributed by atoms with Crippen molar-refractivity contribution in [1.82, 2.24) is 14.6 Å². The van der Waals surface area contributed by atoms with Gasteiger partial charge < -0.3 is 5.11 Å². The van der Waals surface area contributed by atoms with Crippen LogP contribution in [0, 0.1) is 5.41 Å². The van der Waals surface area contributed by atoms with E-state index in [1.165, 1.54) is 0 Å². The standard InChI is InChI=1S/C11H12ClN3O2/c1-11(2,10(16)17)6-8-13-9-5-7(12)3-4-15(9)14-8/h3-5H,6H2,1-2H3,(H,16,17). The van der Waals surface area contributed by atoms with E-state index < -0.39 is 11.4 Å². The van der Waals surface area contributed by atoms with Crippen molar-refractivity contribution < 1.29 is 9.90 Å². The molecule has 0 amide bonds. The van der Waals surface area contributed by atoms with Crippen LogP contribution >= 0.6 is 11.6 Å². The minimum absolute atomic E-state index is 0.279. The van der Waals surface area contributed by atoms with Gasteiger partial charge in [0.1, 0.15) is 0 Å². The molecule has 0 aliphatic heterocycles. The van der Waals surface area contributed by atoms with E-state index in [1.807, 2.05) is 0 Å². The van der Waals surface area contributed by atoms with Gasteiger partial charge in [-0.15, -0.1) is 0 Å². The van der Waals surface area contributed by atoms with E-state index in [0.29, 0.717) is 16.5 Å². The maximum atomic E-state index is 11.0. The molecular formula is C11H12ClN3O2. The van der Waals surface area contributed by atoms with Gasteiger partial charge in [0, 0.05) is 23.7 Å². The lowest BCUT2D eigenvalue weighted by Crippen LogP contribution is -2.26. The number of hydrogen-bond acceptors (Lipinski definition) is 3. The summed E-state index contributed by atoms with van der Waals surface area (Å²) >= 11 is 5.84. The Balaban J connectivity index is 2.34. The number of halogens is 1. The monoisotopic (exact) mass is 253 g/mol. The lowest BCUT2D eigenvalue weighted by molar-refractivity contribution is -0.146. The van der Waals surface area contributed by atoms with Gasteiger partial charge in [0.05, 0.1) is 5.41 Å². The fraction of sp³-hybridized carbons (Fsp3) is 0.364. The first-order valence-corrected chi connectivity index (χ1v) is 5.50. The summed E-state index contributed by atoms with van der Waals surface area (Å²) in [4.78, 5) is 15.3. The fourth-order valence-electron chi connectivity index (χ4n) is 1.45. The highest BCUT2D eigenvalue weighted by Gasteiger charge is 2.29. The molecule has 0 aliphatic rings. The number of carboxylic acid groups (broad SMARTS) is 1. The van der Waals surface area contributed by atoms with Gasteiger partial charge in [0.25, 0.3) is 0 Å². The summed E-state index contributed by atoms with van der Waals surface area (Å²) in [6.07, 6.45) is 1.98. The molecule has 1 N–H and O–H groups in total. The second-order valence-electron chi connectivity index (χ2n) is 4.54. The van der Waals surface area contributed by atoms with Crippen molar-refractivity contribution in [3.63, 3.8) is 0 Å². The highest BCUT2D eigenvalue weighted by molar-refractivity contribution is 6.30. The average Bonchev–Trinajstić information content (AvgIpc) is 2.57. The molecule has 2 heterocycles. The molecule has 17 heavy (non-hydrogen) atoms. The maximum Gasteiger partial charge on any atom is 0.309 e. The first-order valence-electron chi connectivity index (χ1n) is 5.13. The predicted molar refractivity (Wildman–Crippen MR) is 63.1 cm³/mol. The van der Waals surface area contributed by atoms with Crippen molar-refractivity contribution in [3.8, 4) is 0 Å². The van der Waals surface area contributed by atoms with Gasteiger partial charge in [0.2, 0.25) is 0 Å². The molecule has 0 aliphatic carbocycles. The zero-order valence-electron chi connectivity index (χ0n) is 9.51. The molecule has 0 fully saturated rings. The minimum Gasteiger partial charge on any atom is -0.481 e. The lowest BCUT2D eigenvalue weighted by atomic mass is 9.89. The highest BCUT2D eigenvalue weighted by atomic mass is 35.5. The van der Waals surface area contributed by atoms with Gasteiger partial charge in [0.15, 0.2) is 11.5 Å². The van der Waals surface area contributed by atoms with E-state index >= 15 is 0 Å². The fourth-order valence-corrected chi connectivity index (χ4v) is 1.60. The molecule has 0 saturated carbocycles. The lowest BCUT2D eigenvalue weighted by Gasteiger charge is -2.16. The smallest absolute Gasteiger partial charge is 0.309 e. The van der Waals surface area contributed by atoms with Gasteiger partial charge in [-0.2, -0.15) is 5.10 Å². The number of fused-ring (bicyclic) bond motifs is 1. The summed E-state index contributed by atoms with van der Waals surface area (Å²) in [5.74, 6) is -0.367. The Morgan fingerprint density at radius 1 is 1.59 bits per heavy atom. The van der Waals surface area contributed by atoms with Crippen LogP contribution in [0.4, 0.5) is 0 Å². The van der Waals surface area contributed by atoms with Crippen molar-refractivity contribution >= 4 is 23.2 Å². The van der Waals surface area contributed by atoms with Crippen LogP contribution in [0.2, 0.25) is 5.02 Å². The molecule has 6 heteroatoms. The second-order valence-corrected chi connectivity index (χ2v) is 4.98. The van der Waals surface area contributed by atoms with Crippen molar-refractivity contribution in [2.45, 2.75) is 20.3 Å². The average molecular weight is 254 g/mol. The topological polar surface area (TPSA) is 67.5 Å². The Hall–Kier alpha value is -1.62. The van der Waals surface area contributed by atoms with E-state index in [4.69, 9.17) is 16.7 Å². The minimum atomic E-state index is -0.880. The van der Waals surface area contributed by atoms with Gasteiger partial charge in [-0.25, -0.2) is 9.50 Å². The molecule has 0 saturated heterocycles. The first kappa shape index (κ1) is 11.9. The van der Waals surface area contributed by atoms with Crippen molar-refractivity contribution in [1.29, 1.82) is 0 Å². The van der Waals surface area contributed by atoms with Gasteiger partial charge in [-0.05, 0) is 19.9 Å². The van der Waals surface area contributed by atoms with E-state index in [1.54, 1.807) is 36.7 Å². The molecule has 0 unspecified atom stereocenters. The Morgan fingerprint density at radius 2 is 2.29 bits per heavy atom. The quantitative estimate of drug-likeness (QED) is 0.909. The molecule has 2 rings (SSSR count). The van der Waals surface area contributed by atoms with E-state index in [9.17, 15) is 4.79 Å². The zero-order valence-corrected chi connectivity index (χ0v) is 10.3. The van der Waals surface area contributed by atoms with Crippen LogP contribution < -0.4 is 0 Å². The summed E-state index contributed by atoms with van der Waals surface area (Å²) in [5, 5.41) is 13.8. The molecule has 90 valence electrons. The normalized spacial score (nSPS) is 11.9. The number of aromatic nitrogens is 3. The number of hydrogen-bond donors (Lipinski definition) is 1. The number of rotatable bonds is 3. The third kappa shape index (κ3) is 2.39. The molecule has 2 aromatic heterocycles. The number of carbonyl (C=O) groups is 1. The summed E-state index contributed by atoms with van der Waals surface area (Å²) in [6, 6.07) is 3.39. The molecule has 2 aromatic rings. The van der Waals surface area contributed by atoms with Crippen LogP contribution in [-0.4, -0.2) is 25.7 Å². The molecule has 0 aromatic carbocycles. The van der Waals surface area contributed by atoms with Crippen molar-refractivity contribution in [2.24, 2.45) is 5.41 Å². The predicted octanol–water partition coefficient (Wildman–Crippen LogP) is 2.04. The molecule has 0 radical (unpaired) electrons. The van der Waals surface area contributed by atoms with Crippen LogP contribution in [0.1, 0.15) is 19.7 Å². The largest absolute Gasteiger partial charge is 0.481 e. The Kier molecular flexibility index (Phi) is 2.79. The number of nitrogens with zero attached hydrogens (tertiary/aromatic N) is 3. The molecule has 0 atom stereocenters. The SMILES string of the molecule is CC(C)(Cc1nc2cc(Cl)ccn2n1)C(=O)O. The van der Waals surface area contributed by atoms with Gasteiger partial charge >= 0.3 is 5.97 Å². The summed E-state index contributed by atoms with van der Waals surface area (Å²) in [5.41, 5.74) is -0.261. The summed E-state index contributed by atoms with van der Waals surface area (Å²) < 4.78 is 1.58. The van der Waals surface area contributed by atoms with E-state index in [0.717, 1.165) is 0 Å². The molecule has 0 spiro atoms. The number of carboxylic acids is 1. The Bertz CT molecular complexity index is 577. The van der Waals surface area contributed by atoms with Crippen LogP contribution in [0.5, 0.6) is 0 Å². The summed E-state index contributed by atoms with van der Waals surface area (Å²) in [6.45, 7) is 3.29. The molecule has 0 bridgehead atoms. The first-order chi connectivity index (χ1) is 7.88. The zero-order chi connectivity index (χ0) is 12.6. The highest BCUT2D eigenvalue weighted by Crippen LogP contribution is 2.21. The van der Waals surface area contributed by atoms with Crippen LogP contribution in [0.25, 0.3) is 5.65 Å². The third-order valence-corrected chi connectivity index (χ3v) is 2.76. The molecular weight excluding hydrogens is 242 g/mol. The van der Waals surface area contributed by atoms with Crippen molar-refractivity contribution in [2.75, 3.05) is 0 Å². The van der Waals surface area contributed by atoms with Gasteiger partial charge in [-0.3, -0.25) is 4.79 Å². The van der Waals surface area contributed by atoms with Crippen molar-refractivity contribution in [3.05, 3.63) is 29.2 Å². The number of pyridine rings is 1. The Labute approximate surface area is 103 Å². The van der Waals surface area contributed by atoms with E-state index in [2.05, 4.69) is 10.1 Å². The second kappa shape index (κ2) is 4.00. The Morgan fingerprint density at radius 3 is 2.94 bits per heavy atom. The van der Waals surface area contributed by atoms with E-state index in [-0.39, 0.29) is 6.42 Å². The van der Waals surface area contributed by atoms with Crippen LogP contribution in [0.3, 0.4) is 0 Å².